The van der Waals surface area contributed by atoms with Crippen molar-refractivity contribution in [3.8, 4) is 0 Å². The molecule has 1 aliphatic rings. The van der Waals surface area contributed by atoms with Crippen molar-refractivity contribution >= 4 is 17.6 Å². The Morgan fingerprint density at radius 1 is 1.05 bits per heavy atom. The summed E-state index contributed by atoms with van der Waals surface area (Å²) in [5.41, 5.74) is -2.42. The number of carbonyl (C=O) groups is 2. The van der Waals surface area contributed by atoms with Gasteiger partial charge < -0.3 is 20.0 Å². The van der Waals surface area contributed by atoms with E-state index in [4.69, 9.17) is 0 Å². The van der Waals surface area contributed by atoms with E-state index in [-0.39, 0.29) is 34.6 Å². The van der Waals surface area contributed by atoms with Crippen LogP contribution in [0.3, 0.4) is 0 Å². The molecule has 0 atom stereocenters. The topological polar surface area (TPSA) is 124 Å². The summed E-state index contributed by atoms with van der Waals surface area (Å²) in [6.45, 7) is 9.98. The minimum Gasteiger partial charge on any atom is -0.478 e. The first-order chi connectivity index (χ1) is 18.1. The van der Waals surface area contributed by atoms with Gasteiger partial charge in [-0.25, -0.2) is 14.0 Å². The van der Waals surface area contributed by atoms with Crippen molar-refractivity contribution in [2.45, 2.75) is 46.6 Å². The summed E-state index contributed by atoms with van der Waals surface area (Å²) in [4.78, 5) is 40.3. The molecule has 1 heterocycles. The number of aliphatic carboxylic acids is 2. The molecule has 39 heavy (non-hydrogen) atoms. The van der Waals surface area contributed by atoms with Crippen LogP contribution in [-0.4, -0.2) is 57.0 Å². The zero-order chi connectivity index (χ0) is 29.3. The Morgan fingerprint density at radius 3 is 2.08 bits per heavy atom. The van der Waals surface area contributed by atoms with Gasteiger partial charge >= 0.3 is 11.9 Å². The molecule has 3 rings (SSSR count). The van der Waals surface area contributed by atoms with Crippen molar-refractivity contribution in [2.75, 3.05) is 20.1 Å². The van der Waals surface area contributed by atoms with Gasteiger partial charge in [0.05, 0.1) is 21.5 Å². The summed E-state index contributed by atoms with van der Waals surface area (Å²) in [7, 11) is 1.97. The largest absolute Gasteiger partial charge is 0.478 e. The highest BCUT2D eigenvalue weighted by atomic mass is 19.1. The smallest absolute Gasteiger partial charge is 0.334 e. The van der Waals surface area contributed by atoms with E-state index in [0.717, 1.165) is 23.8 Å². The van der Waals surface area contributed by atoms with E-state index < -0.39 is 39.2 Å². The van der Waals surface area contributed by atoms with Crippen molar-refractivity contribution in [3.05, 3.63) is 98.1 Å². The number of hydrogen-bond acceptors (Lipinski definition) is 6. The van der Waals surface area contributed by atoms with Crippen molar-refractivity contribution in [1.29, 1.82) is 0 Å². The zero-order valence-electron chi connectivity index (χ0n) is 23.0. The average molecular weight is 540 g/mol. The molecule has 2 N–H and O–H groups in total. The molecule has 9 nitrogen and oxygen atoms in total. The SMILES string of the molecule is CC1=C(C(=O)O)C(C)(c2cc(F)ccc2[N+](=O)[O-])C(C(=O)O)=C(C)N1CC(C)(C)CN(C)Cc1ccccc1. The molecule has 0 saturated heterocycles. The monoisotopic (exact) mass is 539 g/mol. The van der Waals surface area contributed by atoms with Crippen LogP contribution >= 0.6 is 0 Å². The van der Waals surface area contributed by atoms with Gasteiger partial charge in [-0.3, -0.25) is 10.1 Å². The first-order valence-corrected chi connectivity index (χ1v) is 12.4. The summed E-state index contributed by atoms with van der Waals surface area (Å²) in [6, 6.07) is 12.6. The van der Waals surface area contributed by atoms with Crippen molar-refractivity contribution in [3.63, 3.8) is 0 Å². The highest BCUT2D eigenvalue weighted by molar-refractivity contribution is 6.01. The van der Waals surface area contributed by atoms with Crippen LogP contribution in [0.1, 0.15) is 45.7 Å². The summed E-state index contributed by atoms with van der Waals surface area (Å²) in [6.07, 6.45) is 0. The third-order valence-electron chi connectivity index (χ3n) is 7.23. The zero-order valence-corrected chi connectivity index (χ0v) is 23.0. The van der Waals surface area contributed by atoms with Gasteiger partial charge in [-0.1, -0.05) is 44.2 Å². The van der Waals surface area contributed by atoms with Gasteiger partial charge in [0.25, 0.3) is 5.69 Å². The lowest BCUT2D eigenvalue weighted by Gasteiger charge is -2.45. The highest BCUT2D eigenvalue weighted by Gasteiger charge is 2.52. The fraction of sp³-hybridized carbons (Fsp3) is 0.379. The number of carboxylic acid groups (broad SMARTS) is 2. The molecule has 0 fully saturated rings. The number of carboxylic acids is 2. The van der Waals surface area contributed by atoms with Gasteiger partial charge in [0, 0.05) is 42.7 Å². The average Bonchev–Trinajstić information content (AvgIpc) is 2.81. The molecule has 0 aromatic heterocycles. The molecule has 208 valence electrons. The molecule has 0 amide bonds. The van der Waals surface area contributed by atoms with E-state index >= 15 is 0 Å². The molecular weight excluding hydrogens is 505 g/mol. The van der Waals surface area contributed by atoms with Gasteiger partial charge in [0.2, 0.25) is 0 Å². The van der Waals surface area contributed by atoms with Gasteiger partial charge in [-0.2, -0.15) is 0 Å². The Morgan fingerprint density at radius 2 is 1.59 bits per heavy atom. The van der Waals surface area contributed by atoms with Crippen molar-refractivity contribution in [1.82, 2.24) is 9.80 Å². The van der Waals surface area contributed by atoms with E-state index in [1.807, 2.05) is 51.2 Å². The molecule has 10 heteroatoms. The first-order valence-electron chi connectivity index (χ1n) is 12.4. The molecule has 2 aromatic carbocycles. The Kier molecular flexibility index (Phi) is 8.30. The fourth-order valence-electron chi connectivity index (χ4n) is 5.84. The second kappa shape index (κ2) is 11.0. The van der Waals surface area contributed by atoms with Crippen LogP contribution in [0.25, 0.3) is 0 Å². The van der Waals surface area contributed by atoms with Crippen LogP contribution in [-0.2, 0) is 21.5 Å². The molecule has 2 aromatic rings. The van der Waals surface area contributed by atoms with Crippen molar-refractivity contribution < 1.29 is 29.1 Å². The lowest BCUT2D eigenvalue weighted by molar-refractivity contribution is -0.385. The number of benzene rings is 2. The van der Waals surface area contributed by atoms with E-state index in [2.05, 4.69) is 4.90 Å². The number of rotatable bonds is 10. The number of nitro groups is 1. The quantitative estimate of drug-likeness (QED) is 0.313. The summed E-state index contributed by atoms with van der Waals surface area (Å²) in [5, 5.41) is 32.5. The van der Waals surface area contributed by atoms with Crippen LogP contribution in [0.4, 0.5) is 10.1 Å². The molecule has 0 radical (unpaired) electrons. The Bertz CT molecular complexity index is 1330. The van der Waals surface area contributed by atoms with Crippen molar-refractivity contribution in [2.24, 2.45) is 5.41 Å². The number of allylic oxidation sites excluding steroid dienone is 2. The molecule has 0 aliphatic carbocycles. The van der Waals surface area contributed by atoms with Gasteiger partial charge in [0.1, 0.15) is 5.82 Å². The van der Waals surface area contributed by atoms with E-state index in [1.54, 1.807) is 18.7 Å². The molecule has 0 bridgehead atoms. The summed E-state index contributed by atoms with van der Waals surface area (Å²) < 4.78 is 14.4. The van der Waals surface area contributed by atoms with Gasteiger partial charge in [0.15, 0.2) is 0 Å². The highest BCUT2D eigenvalue weighted by Crippen LogP contribution is 2.50. The lowest BCUT2D eigenvalue weighted by Crippen LogP contribution is -2.47. The van der Waals surface area contributed by atoms with E-state index in [0.29, 0.717) is 13.1 Å². The normalized spacial score (nSPS) is 15.6. The fourth-order valence-corrected chi connectivity index (χ4v) is 5.84. The molecule has 1 aliphatic heterocycles. The van der Waals surface area contributed by atoms with Gasteiger partial charge in [-0.15, -0.1) is 0 Å². The lowest BCUT2D eigenvalue weighted by atomic mass is 9.66. The molecule has 0 spiro atoms. The second-order valence-electron chi connectivity index (χ2n) is 11.0. The van der Waals surface area contributed by atoms with Crippen LogP contribution < -0.4 is 0 Å². The minimum absolute atomic E-state index is 0.241. The summed E-state index contributed by atoms with van der Waals surface area (Å²) in [5.74, 6) is -3.72. The number of hydrogen-bond donors (Lipinski definition) is 2. The Hall–Kier alpha value is -4.05. The number of nitrogens with zero attached hydrogens (tertiary/aromatic N) is 3. The molecule has 0 unspecified atom stereocenters. The number of nitro benzene ring substituents is 1. The molecule has 0 saturated carbocycles. The maximum absolute atomic E-state index is 14.4. The van der Waals surface area contributed by atoms with E-state index in [9.17, 15) is 34.3 Å². The maximum Gasteiger partial charge on any atom is 0.334 e. The second-order valence-corrected chi connectivity index (χ2v) is 11.0. The third kappa shape index (κ3) is 5.85. The molecular formula is C29H34FN3O6. The van der Waals surface area contributed by atoms with Gasteiger partial charge in [-0.05, 0) is 50.9 Å². The van der Waals surface area contributed by atoms with Crippen LogP contribution in [0.2, 0.25) is 0 Å². The number of halogens is 1. The standard InChI is InChI=1S/C29H34FN3O6/c1-18-24(26(34)35)29(5,22-14-21(30)12-13-23(22)33(38)39)25(27(36)37)19(2)32(18)17-28(3,4)16-31(6)15-20-10-8-7-9-11-20/h7-14H,15-17H2,1-6H3,(H,34,35)(H,36,37). The van der Waals surface area contributed by atoms with Crippen LogP contribution in [0.15, 0.2) is 71.1 Å². The third-order valence-corrected chi connectivity index (χ3v) is 7.23. The Labute approximate surface area is 227 Å². The van der Waals surface area contributed by atoms with E-state index in [1.165, 1.54) is 6.92 Å². The van der Waals surface area contributed by atoms with Crippen LogP contribution in [0.5, 0.6) is 0 Å². The predicted octanol–water partition coefficient (Wildman–Crippen LogP) is 5.18. The summed E-state index contributed by atoms with van der Waals surface area (Å²) >= 11 is 0. The Balaban J connectivity index is 2.12. The predicted molar refractivity (Wildman–Crippen MR) is 144 cm³/mol. The minimum atomic E-state index is -2.00. The first kappa shape index (κ1) is 29.5. The van der Waals surface area contributed by atoms with Crippen LogP contribution in [0, 0.1) is 21.3 Å². The maximum atomic E-state index is 14.4.